The maximum atomic E-state index is 5.49. The van der Waals surface area contributed by atoms with Crippen LogP contribution in [0.3, 0.4) is 0 Å². The van der Waals surface area contributed by atoms with Crippen molar-refractivity contribution >= 4 is 5.82 Å². The molecule has 2 saturated heterocycles. The fourth-order valence-corrected chi connectivity index (χ4v) is 3.74. The Morgan fingerprint density at radius 1 is 1.04 bits per heavy atom. The number of rotatable bonds is 3. The number of nitrogens with zero attached hydrogens (tertiary/aromatic N) is 5. The Balaban J connectivity index is 1.44. The molecule has 24 heavy (non-hydrogen) atoms. The Bertz CT molecular complexity index is 693. The zero-order valence-corrected chi connectivity index (χ0v) is 14.1. The molecule has 0 aliphatic carbocycles. The lowest BCUT2D eigenvalue weighted by Gasteiger charge is -2.33. The van der Waals surface area contributed by atoms with Gasteiger partial charge in [-0.15, -0.1) is 0 Å². The molecule has 6 heteroatoms. The summed E-state index contributed by atoms with van der Waals surface area (Å²) in [5, 5.41) is 0. The molecule has 1 atom stereocenters. The highest BCUT2D eigenvalue weighted by molar-refractivity contribution is 5.41. The Kier molecular flexibility index (Phi) is 4.38. The zero-order valence-electron chi connectivity index (χ0n) is 14.1. The van der Waals surface area contributed by atoms with Crippen molar-refractivity contribution in [3.8, 4) is 0 Å². The summed E-state index contributed by atoms with van der Waals surface area (Å²) in [5.74, 6) is 1.99. The molecule has 0 aromatic carbocycles. The second-order valence-corrected chi connectivity index (χ2v) is 6.71. The molecule has 0 radical (unpaired) electrons. The molecule has 2 aromatic rings. The van der Waals surface area contributed by atoms with Crippen molar-refractivity contribution in [3.05, 3.63) is 41.9 Å². The van der Waals surface area contributed by atoms with Gasteiger partial charge < -0.3 is 9.64 Å². The SMILES string of the molecule is Cc1cncnc1C1CCN(c2cc([C@@H]3CCOC3)ncn2)CC1. The number of piperidine rings is 1. The summed E-state index contributed by atoms with van der Waals surface area (Å²) >= 11 is 0. The van der Waals surface area contributed by atoms with Gasteiger partial charge in [0.25, 0.3) is 0 Å². The second kappa shape index (κ2) is 6.81. The van der Waals surface area contributed by atoms with Crippen LogP contribution >= 0.6 is 0 Å². The van der Waals surface area contributed by atoms with Gasteiger partial charge in [0, 0.05) is 49.5 Å². The summed E-state index contributed by atoms with van der Waals surface area (Å²) in [7, 11) is 0. The highest BCUT2D eigenvalue weighted by Crippen LogP contribution is 2.31. The number of hydrogen-bond acceptors (Lipinski definition) is 6. The fraction of sp³-hybridized carbons (Fsp3) is 0.556. The zero-order chi connectivity index (χ0) is 16.4. The molecule has 2 fully saturated rings. The van der Waals surface area contributed by atoms with Crippen molar-refractivity contribution in [1.29, 1.82) is 0 Å². The lowest BCUT2D eigenvalue weighted by atomic mass is 9.91. The molecule has 0 spiro atoms. The minimum atomic E-state index is 0.424. The molecule has 2 aromatic heterocycles. The average molecular weight is 325 g/mol. The van der Waals surface area contributed by atoms with Crippen molar-refractivity contribution in [1.82, 2.24) is 19.9 Å². The smallest absolute Gasteiger partial charge is 0.132 e. The first-order chi connectivity index (χ1) is 11.8. The van der Waals surface area contributed by atoms with Gasteiger partial charge in [0.15, 0.2) is 0 Å². The first-order valence-corrected chi connectivity index (χ1v) is 8.72. The Hall–Kier alpha value is -2.08. The van der Waals surface area contributed by atoms with Gasteiger partial charge in [-0.25, -0.2) is 19.9 Å². The van der Waals surface area contributed by atoms with Crippen LogP contribution < -0.4 is 4.90 Å². The van der Waals surface area contributed by atoms with E-state index in [0.29, 0.717) is 11.8 Å². The minimum Gasteiger partial charge on any atom is -0.381 e. The molecule has 4 rings (SSSR count). The van der Waals surface area contributed by atoms with E-state index in [1.54, 1.807) is 12.7 Å². The van der Waals surface area contributed by atoms with Crippen LogP contribution in [0.25, 0.3) is 0 Å². The maximum Gasteiger partial charge on any atom is 0.132 e. The van der Waals surface area contributed by atoms with E-state index in [0.717, 1.165) is 57.1 Å². The summed E-state index contributed by atoms with van der Waals surface area (Å²) in [6.45, 7) is 5.73. The van der Waals surface area contributed by atoms with Gasteiger partial charge in [0.1, 0.15) is 18.5 Å². The van der Waals surface area contributed by atoms with E-state index in [2.05, 4.69) is 37.8 Å². The van der Waals surface area contributed by atoms with Crippen molar-refractivity contribution < 1.29 is 4.74 Å². The lowest BCUT2D eigenvalue weighted by Crippen LogP contribution is -2.34. The summed E-state index contributed by atoms with van der Waals surface area (Å²) in [6, 6.07) is 2.15. The van der Waals surface area contributed by atoms with Crippen LogP contribution in [0.2, 0.25) is 0 Å². The van der Waals surface area contributed by atoms with E-state index in [4.69, 9.17) is 4.74 Å². The van der Waals surface area contributed by atoms with Gasteiger partial charge in [-0.3, -0.25) is 0 Å². The fourth-order valence-electron chi connectivity index (χ4n) is 3.74. The molecule has 0 saturated carbocycles. The van der Waals surface area contributed by atoms with E-state index in [1.807, 2.05) is 6.20 Å². The van der Waals surface area contributed by atoms with Crippen LogP contribution in [0.5, 0.6) is 0 Å². The van der Waals surface area contributed by atoms with Gasteiger partial charge in [-0.1, -0.05) is 0 Å². The van der Waals surface area contributed by atoms with Crippen molar-refractivity contribution in [2.24, 2.45) is 0 Å². The molecule has 0 N–H and O–H groups in total. The largest absolute Gasteiger partial charge is 0.381 e. The lowest BCUT2D eigenvalue weighted by molar-refractivity contribution is 0.193. The standard InChI is InChI=1S/C18H23N5O/c1-13-9-19-11-22-18(13)14-2-5-23(6-3-14)17-8-16(20-12-21-17)15-4-7-24-10-15/h8-9,11-12,14-15H,2-7,10H2,1H3/t15-/m1/s1. The monoisotopic (exact) mass is 325 g/mol. The topological polar surface area (TPSA) is 64.0 Å². The Morgan fingerprint density at radius 3 is 2.67 bits per heavy atom. The molecular formula is C18H23N5O. The van der Waals surface area contributed by atoms with Crippen LogP contribution in [0.4, 0.5) is 5.82 Å². The summed E-state index contributed by atoms with van der Waals surface area (Å²) in [6.07, 6.45) is 8.53. The van der Waals surface area contributed by atoms with Gasteiger partial charge in [0.05, 0.1) is 12.3 Å². The number of hydrogen-bond donors (Lipinski definition) is 0. The van der Waals surface area contributed by atoms with Gasteiger partial charge >= 0.3 is 0 Å². The van der Waals surface area contributed by atoms with Gasteiger partial charge in [-0.05, 0) is 31.7 Å². The van der Waals surface area contributed by atoms with E-state index in [9.17, 15) is 0 Å². The van der Waals surface area contributed by atoms with Crippen molar-refractivity contribution in [2.45, 2.75) is 38.0 Å². The third kappa shape index (κ3) is 3.11. The molecule has 0 unspecified atom stereocenters. The maximum absolute atomic E-state index is 5.49. The summed E-state index contributed by atoms with van der Waals surface area (Å²) < 4.78 is 5.49. The van der Waals surface area contributed by atoms with Crippen LogP contribution in [0.1, 0.15) is 48.0 Å². The quantitative estimate of drug-likeness (QED) is 0.864. The minimum absolute atomic E-state index is 0.424. The van der Waals surface area contributed by atoms with Crippen molar-refractivity contribution in [2.75, 3.05) is 31.2 Å². The normalized spacial score (nSPS) is 22.0. The molecule has 2 aliphatic rings. The molecule has 2 aliphatic heterocycles. The number of aromatic nitrogens is 4. The molecule has 0 bridgehead atoms. The molecule has 0 amide bonds. The highest BCUT2D eigenvalue weighted by Gasteiger charge is 2.25. The highest BCUT2D eigenvalue weighted by atomic mass is 16.5. The number of aryl methyl sites for hydroxylation is 1. The van der Waals surface area contributed by atoms with Crippen LogP contribution in [0, 0.1) is 6.92 Å². The summed E-state index contributed by atoms with van der Waals surface area (Å²) in [4.78, 5) is 19.9. The average Bonchev–Trinajstić information content (AvgIpc) is 3.17. The Morgan fingerprint density at radius 2 is 1.92 bits per heavy atom. The Labute approximate surface area is 142 Å². The van der Waals surface area contributed by atoms with E-state index >= 15 is 0 Å². The second-order valence-electron chi connectivity index (χ2n) is 6.71. The van der Waals surface area contributed by atoms with E-state index in [1.165, 1.54) is 11.3 Å². The third-order valence-corrected chi connectivity index (χ3v) is 5.16. The first kappa shape index (κ1) is 15.4. The van der Waals surface area contributed by atoms with Crippen LogP contribution in [-0.4, -0.2) is 46.2 Å². The van der Waals surface area contributed by atoms with Crippen LogP contribution in [-0.2, 0) is 4.74 Å². The molecule has 4 heterocycles. The molecular weight excluding hydrogens is 302 g/mol. The van der Waals surface area contributed by atoms with Crippen molar-refractivity contribution in [3.63, 3.8) is 0 Å². The van der Waals surface area contributed by atoms with E-state index < -0.39 is 0 Å². The number of ether oxygens (including phenoxy) is 1. The van der Waals surface area contributed by atoms with Gasteiger partial charge in [0.2, 0.25) is 0 Å². The first-order valence-electron chi connectivity index (χ1n) is 8.72. The predicted octanol–water partition coefficient (Wildman–Crippen LogP) is 2.46. The molecule has 6 nitrogen and oxygen atoms in total. The molecule has 126 valence electrons. The van der Waals surface area contributed by atoms with Crippen LogP contribution in [0.15, 0.2) is 24.9 Å². The number of anilines is 1. The predicted molar refractivity (Wildman–Crippen MR) is 91.2 cm³/mol. The third-order valence-electron chi connectivity index (χ3n) is 5.16. The van der Waals surface area contributed by atoms with E-state index in [-0.39, 0.29) is 0 Å². The van der Waals surface area contributed by atoms with Gasteiger partial charge in [-0.2, -0.15) is 0 Å². The summed E-state index contributed by atoms with van der Waals surface area (Å²) in [5.41, 5.74) is 3.52.